The number of amides is 1. The van der Waals surface area contributed by atoms with Gasteiger partial charge in [0.15, 0.2) is 0 Å². The summed E-state index contributed by atoms with van der Waals surface area (Å²) in [6, 6.07) is 10.8. The summed E-state index contributed by atoms with van der Waals surface area (Å²) in [7, 11) is 0. The van der Waals surface area contributed by atoms with Gasteiger partial charge in [0.25, 0.3) is 5.91 Å². The summed E-state index contributed by atoms with van der Waals surface area (Å²) < 4.78 is 0. The number of phenolic OH excluding ortho intramolecular Hbond substituents is 1. The highest BCUT2D eigenvalue weighted by atomic mass is 16.4. The first-order valence-corrected chi connectivity index (χ1v) is 5.92. The number of phenols is 1. The highest BCUT2D eigenvalue weighted by Gasteiger charge is 2.13. The Bertz CT molecular complexity index is 679. The number of aromatic hydroxyl groups is 1. The molecule has 2 rings (SSSR count). The van der Waals surface area contributed by atoms with Gasteiger partial charge < -0.3 is 15.5 Å². The summed E-state index contributed by atoms with van der Waals surface area (Å²) in [6.07, 6.45) is 0. The van der Waals surface area contributed by atoms with Crippen LogP contribution in [0.5, 0.6) is 5.75 Å². The number of carbonyl (C=O) groups excluding carboxylic acids is 1. The van der Waals surface area contributed by atoms with Crippen LogP contribution in [-0.4, -0.2) is 22.1 Å². The topological polar surface area (TPSA) is 86.6 Å². The van der Waals surface area contributed by atoms with Gasteiger partial charge in [-0.25, -0.2) is 4.79 Å². The molecule has 20 heavy (non-hydrogen) atoms. The predicted octanol–water partition coefficient (Wildman–Crippen LogP) is 2.65. The van der Waals surface area contributed by atoms with Crippen molar-refractivity contribution in [2.24, 2.45) is 0 Å². The number of para-hydroxylation sites is 1. The van der Waals surface area contributed by atoms with Crippen LogP contribution in [0, 0.1) is 6.92 Å². The zero-order valence-corrected chi connectivity index (χ0v) is 10.8. The summed E-state index contributed by atoms with van der Waals surface area (Å²) >= 11 is 0. The Kier molecular flexibility index (Phi) is 3.70. The van der Waals surface area contributed by atoms with Crippen LogP contribution in [0.25, 0.3) is 0 Å². The molecule has 0 aliphatic heterocycles. The van der Waals surface area contributed by atoms with Crippen LogP contribution in [0.15, 0.2) is 42.5 Å². The van der Waals surface area contributed by atoms with Gasteiger partial charge in [-0.2, -0.15) is 0 Å². The van der Waals surface area contributed by atoms with Crippen molar-refractivity contribution < 1.29 is 19.8 Å². The number of carboxylic acid groups (broad SMARTS) is 1. The molecule has 0 fully saturated rings. The molecule has 0 atom stereocenters. The molecule has 0 aliphatic carbocycles. The van der Waals surface area contributed by atoms with Crippen molar-refractivity contribution in [3.63, 3.8) is 0 Å². The van der Waals surface area contributed by atoms with E-state index in [2.05, 4.69) is 5.32 Å². The van der Waals surface area contributed by atoms with Crippen LogP contribution in [0.3, 0.4) is 0 Å². The molecule has 0 bridgehead atoms. The third-order valence-electron chi connectivity index (χ3n) is 2.85. The van der Waals surface area contributed by atoms with Gasteiger partial charge in [-0.1, -0.05) is 18.2 Å². The Morgan fingerprint density at radius 2 is 1.80 bits per heavy atom. The molecule has 0 saturated carbocycles. The molecule has 3 N–H and O–H groups in total. The third-order valence-corrected chi connectivity index (χ3v) is 2.85. The number of rotatable bonds is 3. The smallest absolute Gasteiger partial charge is 0.335 e. The molecule has 2 aromatic rings. The highest BCUT2D eigenvalue weighted by molar-refractivity contribution is 6.06. The Hall–Kier alpha value is -2.82. The largest absolute Gasteiger partial charge is 0.507 e. The van der Waals surface area contributed by atoms with Crippen molar-refractivity contribution in [2.45, 2.75) is 6.92 Å². The van der Waals surface area contributed by atoms with Crippen molar-refractivity contribution in [3.8, 4) is 5.75 Å². The number of aromatic carboxylic acids is 1. The normalized spacial score (nSPS) is 10.1. The van der Waals surface area contributed by atoms with Crippen LogP contribution >= 0.6 is 0 Å². The molecule has 0 aromatic heterocycles. The van der Waals surface area contributed by atoms with Crippen LogP contribution in [0.2, 0.25) is 0 Å². The summed E-state index contributed by atoms with van der Waals surface area (Å²) in [5.41, 5.74) is 1.18. The number of aryl methyl sites for hydroxylation is 1. The lowest BCUT2D eigenvalue weighted by molar-refractivity contribution is 0.0696. The second-order valence-electron chi connectivity index (χ2n) is 4.31. The number of carbonyl (C=O) groups is 2. The molecule has 5 nitrogen and oxygen atoms in total. The quantitative estimate of drug-likeness (QED) is 0.801. The van der Waals surface area contributed by atoms with E-state index in [-0.39, 0.29) is 16.9 Å². The van der Waals surface area contributed by atoms with Crippen LogP contribution < -0.4 is 5.32 Å². The molecule has 5 heteroatoms. The van der Waals surface area contributed by atoms with Gasteiger partial charge in [0, 0.05) is 5.69 Å². The molecule has 0 heterocycles. The van der Waals surface area contributed by atoms with Gasteiger partial charge in [0.05, 0.1) is 11.1 Å². The lowest BCUT2D eigenvalue weighted by Gasteiger charge is -2.08. The number of hydrogen-bond donors (Lipinski definition) is 3. The van der Waals surface area contributed by atoms with E-state index in [9.17, 15) is 14.7 Å². The fourth-order valence-electron chi connectivity index (χ4n) is 1.77. The van der Waals surface area contributed by atoms with E-state index < -0.39 is 11.9 Å². The van der Waals surface area contributed by atoms with E-state index in [0.29, 0.717) is 11.3 Å². The van der Waals surface area contributed by atoms with E-state index in [4.69, 9.17) is 5.11 Å². The molecule has 2 aromatic carbocycles. The molecular weight excluding hydrogens is 258 g/mol. The zero-order valence-electron chi connectivity index (χ0n) is 10.8. The fourth-order valence-corrected chi connectivity index (χ4v) is 1.77. The average molecular weight is 271 g/mol. The van der Waals surface area contributed by atoms with Crippen LogP contribution in [0.1, 0.15) is 26.3 Å². The lowest BCUT2D eigenvalue weighted by Crippen LogP contribution is -2.12. The standard InChI is InChI=1S/C15H13NO4/c1-9-4-2-7-12(13(9)17)14(18)16-11-6-3-5-10(8-11)15(19)20/h2-8,17H,1H3,(H,16,18)(H,19,20). The minimum absolute atomic E-state index is 0.0799. The van der Waals surface area contributed by atoms with Gasteiger partial charge >= 0.3 is 5.97 Å². The Balaban J connectivity index is 2.26. The Morgan fingerprint density at radius 1 is 1.10 bits per heavy atom. The van der Waals surface area contributed by atoms with Gasteiger partial charge in [0.1, 0.15) is 5.75 Å². The van der Waals surface area contributed by atoms with Gasteiger partial charge in [0.2, 0.25) is 0 Å². The monoisotopic (exact) mass is 271 g/mol. The first-order valence-electron chi connectivity index (χ1n) is 5.92. The first-order chi connectivity index (χ1) is 9.49. The number of anilines is 1. The maximum absolute atomic E-state index is 12.0. The average Bonchev–Trinajstić information content (AvgIpc) is 2.42. The third kappa shape index (κ3) is 2.77. The summed E-state index contributed by atoms with van der Waals surface area (Å²) in [5, 5.41) is 21.3. The van der Waals surface area contributed by atoms with E-state index in [1.54, 1.807) is 25.1 Å². The molecule has 0 spiro atoms. The Labute approximate surface area is 115 Å². The van der Waals surface area contributed by atoms with Gasteiger partial charge in [-0.3, -0.25) is 4.79 Å². The number of hydrogen-bond acceptors (Lipinski definition) is 3. The lowest BCUT2D eigenvalue weighted by atomic mass is 10.1. The molecule has 0 aliphatic rings. The van der Waals surface area contributed by atoms with Gasteiger partial charge in [-0.05, 0) is 36.8 Å². The van der Waals surface area contributed by atoms with Crippen molar-refractivity contribution in [2.75, 3.05) is 5.32 Å². The molecule has 0 unspecified atom stereocenters. The molecule has 102 valence electrons. The van der Waals surface area contributed by atoms with E-state index in [0.717, 1.165) is 0 Å². The highest BCUT2D eigenvalue weighted by Crippen LogP contribution is 2.22. The number of nitrogens with one attached hydrogen (secondary N) is 1. The molecule has 0 saturated heterocycles. The minimum Gasteiger partial charge on any atom is -0.507 e. The van der Waals surface area contributed by atoms with E-state index in [1.807, 2.05) is 0 Å². The first kappa shape index (κ1) is 13.6. The van der Waals surface area contributed by atoms with Crippen LogP contribution in [-0.2, 0) is 0 Å². The molecule has 0 radical (unpaired) electrons. The maximum atomic E-state index is 12.0. The second kappa shape index (κ2) is 5.44. The Morgan fingerprint density at radius 3 is 2.50 bits per heavy atom. The fraction of sp³-hybridized carbons (Fsp3) is 0.0667. The summed E-state index contributed by atoms with van der Waals surface area (Å²) in [4.78, 5) is 22.9. The van der Waals surface area contributed by atoms with Crippen molar-refractivity contribution >= 4 is 17.6 Å². The number of carboxylic acids is 1. The summed E-state index contributed by atoms with van der Waals surface area (Å²) in [6.45, 7) is 1.69. The van der Waals surface area contributed by atoms with Crippen molar-refractivity contribution in [1.82, 2.24) is 0 Å². The maximum Gasteiger partial charge on any atom is 0.335 e. The molecular formula is C15H13NO4. The SMILES string of the molecule is Cc1cccc(C(=O)Nc2cccc(C(=O)O)c2)c1O. The second-order valence-corrected chi connectivity index (χ2v) is 4.31. The van der Waals surface area contributed by atoms with Crippen LogP contribution in [0.4, 0.5) is 5.69 Å². The number of benzene rings is 2. The zero-order chi connectivity index (χ0) is 14.7. The minimum atomic E-state index is -1.07. The summed E-state index contributed by atoms with van der Waals surface area (Å²) in [5.74, 6) is -1.65. The van der Waals surface area contributed by atoms with E-state index in [1.165, 1.54) is 24.3 Å². The van der Waals surface area contributed by atoms with E-state index >= 15 is 0 Å². The van der Waals surface area contributed by atoms with Crippen molar-refractivity contribution in [1.29, 1.82) is 0 Å². The predicted molar refractivity (Wildman–Crippen MR) is 74.2 cm³/mol. The van der Waals surface area contributed by atoms with Crippen molar-refractivity contribution in [3.05, 3.63) is 59.2 Å². The van der Waals surface area contributed by atoms with Gasteiger partial charge in [-0.15, -0.1) is 0 Å². The molecule has 1 amide bonds.